The molecule has 1 saturated heterocycles. The number of amides is 1. The van der Waals surface area contributed by atoms with E-state index in [0.717, 1.165) is 11.1 Å². The summed E-state index contributed by atoms with van der Waals surface area (Å²) in [5.41, 5.74) is 2.57. The lowest BCUT2D eigenvalue weighted by Gasteiger charge is -2.30. The van der Waals surface area contributed by atoms with Gasteiger partial charge >= 0.3 is 5.97 Å². The molecule has 1 amide bonds. The number of carbonyl (C=O) groups excluding carboxylic acids is 2. The van der Waals surface area contributed by atoms with Crippen LogP contribution in [-0.2, 0) is 4.79 Å². The number of benzene rings is 2. The largest absolute Gasteiger partial charge is 0.459 e. The number of hydrogen-bond acceptors (Lipinski definition) is 5. The number of carbonyl (C=O) groups is 2. The van der Waals surface area contributed by atoms with Crippen LogP contribution < -0.4 is 4.74 Å². The molecule has 0 saturated carbocycles. The SMILES string of the molecule is N#Cc1ccc(-c2ccc(OC(=O)C3CCN(C(=O)c4ccco4)CC3)cc2)cc1. The molecular weight excluding hydrogens is 380 g/mol. The number of nitrogens with zero attached hydrogens (tertiary/aromatic N) is 2. The maximum Gasteiger partial charge on any atom is 0.314 e. The molecule has 2 aromatic carbocycles. The molecule has 1 aromatic heterocycles. The van der Waals surface area contributed by atoms with E-state index in [9.17, 15) is 9.59 Å². The first-order valence-electron chi connectivity index (χ1n) is 9.79. The lowest BCUT2D eigenvalue weighted by molar-refractivity contribution is -0.140. The van der Waals surface area contributed by atoms with Crippen molar-refractivity contribution in [3.05, 3.63) is 78.3 Å². The summed E-state index contributed by atoms with van der Waals surface area (Å²) in [6.45, 7) is 0.994. The molecule has 0 unspecified atom stereocenters. The average Bonchev–Trinajstić information content (AvgIpc) is 3.34. The van der Waals surface area contributed by atoms with Gasteiger partial charge in [-0.1, -0.05) is 24.3 Å². The van der Waals surface area contributed by atoms with Gasteiger partial charge in [0, 0.05) is 13.1 Å². The van der Waals surface area contributed by atoms with Crippen molar-refractivity contribution in [1.82, 2.24) is 4.90 Å². The molecule has 30 heavy (non-hydrogen) atoms. The fourth-order valence-electron chi connectivity index (χ4n) is 3.53. The van der Waals surface area contributed by atoms with Crippen LogP contribution in [0.25, 0.3) is 11.1 Å². The predicted octanol–water partition coefficient (Wildman–Crippen LogP) is 4.28. The van der Waals surface area contributed by atoms with Crippen LogP contribution in [0.3, 0.4) is 0 Å². The van der Waals surface area contributed by atoms with Crippen LogP contribution in [0.2, 0.25) is 0 Å². The zero-order valence-electron chi connectivity index (χ0n) is 16.3. The summed E-state index contributed by atoms with van der Waals surface area (Å²) in [4.78, 5) is 26.5. The molecule has 6 nitrogen and oxygen atoms in total. The van der Waals surface area contributed by atoms with Crippen molar-refractivity contribution in [2.75, 3.05) is 13.1 Å². The summed E-state index contributed by atoms with van der Waals surface area (Å²) in [6.07, 6.45) is 2.60. The van der Waals surface area contributed by atoms with Gasteiger partial charge in [-0.05, 0) is 60.4 Å². The van der Waals surface area contributed by atoms with Crippen LogP contribution in [0, 0.1) is 17.2 Å². The number of piperidine rings is 1. The Labute approximate surface area is 174 Å². The van der Waals surface area contributed by atoms with E-state index in [2.05, 4.69) is 6.07 Å². The van der Waals surface area contributed by atoms with Crippen molar-refractivity contribution in [3.63, 3.8) is 0 Å². The van der Waals surface area contributed by atoms with Gasteiger partial charge in [-0.2, -0.15) is 5.26 Å². The standard InChI is InChI=1S/C24H20N2O4/c25-16-17-3-5-18(6-4-17)19-7-9-21(10-8-19)30-24(28)20-11-13-26(14-12-20)23(27)22-2-1-15-29-22/h1-10,15,20H,11-14H2. The van der Waals surface area contributed by atoms with E-state index in [0.29, 0.717) is 43.0 Å². The van der Waals surface area contributed by atoms with Gasteiger partial charge in [0.15, 0.2) is 5.76 Å². The Balaban J connectivity index is 1.32. The molecule has 2 heterocycles. The van der Waals surface area contributed by atoms with Gasteiger partial charge in [-0.25, -0.2) is 0 Å². The Kier molecular flexibility index (Phi) is 5.62. The van der Waals surface area contributed by atoms with Gasteiger partial charge in [0.1, 0.15) is 5.75 Å². The molecule has 0 aliphatic carbocycles. The number of ether oxygens (including phenoxy) is 1. The van der Waals surface area contributed by atoms with Gasteiger partial charge in [0.2, 0.25) is 0 Å². The summed E-state index contributed by atoms with van der Waals surface area (Å²) in [6, 6.07) is 20.0. The van der Waals surface area contributed by atoms with Gasteiger partial charge in [-0.15, -0.1) is 0 Å². The van der Waals surface area contributed by atoms with Crippen LogP contribution in [0.5, 0.6) is 5.75 Å². The van der Waals surface area contributed by atoms with E-state index >= 15 is 0 Å². The van der Waals surface area contributed by atoms with Crippen molar-refractivity contribution in [2.24, 2.45) is 5.92 Å². The third kappa shape index (κ3) is 4.26. The zero-order chi connectivity index (χ0) is 20.9. The number of rotatable bonds is 4. The Morgan fingerprint density at radius 1 is 0.967 bits per heavy atom. The van der Waals surface area contributed by atoms with E-state index in [1.165, 1.54) is 6.26 Å². The van der Waals surface area contributed by atoms with Crippen LogP contribution in [-0.4, -0.2) is 29.9 Å². The molecule has 150 valence electrons. The maximum atomic E-state index is 12.5. The molecule has 0 atom stereocenters. The summed E-state index contributed by atoms with van der Waals surface area (Å²) in [5.74, 6) is 0.158. The second-order valence-corrected chi connectivity index (χ2v) is 7.18. The highest BCUT2D eigenvalue weighted by atomic mass is 16.5. The molecule has 0 spiro atoms. The van der Waals surface area contributed by atoms with Gasteiger partial charge in [0.25, 0.3) is 5.91 Å². The lowest BCUT2D eigenvalue weighted by atomic mass is 9.97. The molecule has 0 bridgehead atoms. The molecule has 1 fully saturated rings. The molecule has 1 aliphatic heterocycles. The summed E-state index contributed by atoms with van der Waals surface area (Å²) in [5, 5.41) is 8.89. The molecule has 6 heteroatoms. The first-order chi connectivity index (χ1) is 14.6. The van der Waals surface area contributed by atoms with Crippen LogP contribution in [0.15, 0.2) is 71.3 Å². The van der Waals surface area contributed by atoms with Crippen molar-refractivity contribution >= 4 is 11.9 Å². The van der Waals surface area contributed by atoms with Crippen LogP contribution in [0.1, 0.15) is 29.0 Å². The highest BCUT2D eigenvalue weighted by Gasteiger charge is 2.29. The van der Waals surface area contributed by atoms with Crippen molar-refractivity contribution in [3.8, 4) is 22.9 Å². The first kappa shape index (κ1) is 19.5. The van der Waals surface area contributed by atoms with Crippen molar-refractivity contribution < 1.29 is 18.7 Å². The van der Waals surface area contributed by atoms with E-state index in [-0.39, 0.29) is 17.8 Å². The summed E-state index contributed by atoms with van der Waals surface area (Å²) < 4.78 is 10.7. The predicted molar refractivity (Wildman–Crippen MR) is 110 cm³/mol. The maximum absolute atomic E-state index is 12.5. The molecule has 0 N–H and O–H groups in total. The summed E-state index contributed by atoms with van der Waals surface area (Å²) in [7, 11) is 0. The third-order valence-electron chi connectivity index (χ3n) is 5.27. The lowest BCUT2D eigenvalue weighted by Crippen LogP contribution is -2.41. The Bertz CT molecular complexity index is 1060. The minimum atomic E-state index is -0.272. The normalized spacial score (nSPS) is 14.2. The second-order valence-electron chi connectivity index (χ2n) is 7.18. The number of nitriles is 1. The van der Waals surface area contributed by atoms with E-state index in [1.807, 2.05) is 24.3 Å². The van der Waals surface area contributed by atoms with Crippen molar-refractivity contribution in [1.29, 1.82) is 5.26 Å². The Morgan fingerprint density at radius 2 is 1.60 bits per heavy atom. The van der Waals surface area contributed by atoms with Gasteiger partial charge < -0.3 is 14.1 Å². The van der Waals surface area contributed by atoms with E-state index < -0.39 is 0 Å². The highest BCUT2D eigenvalue weighted by molar-refractivity contribution is 5.91. The minimum Gasteiger partial charge on any atom is -0.459 e. The molecular formula is C24H20N2O4. The molecule has 4 rings (SSSR count). The average molecular weight is 400 g/mol. The fraction of sp³-hybridized carbons (Fsp3) is 0.208. The zero-order valence-corrected chi connectivity index (χ0v) is 16.3. The van der Waals surface area contributed by atoms with E-state index in [4.69, 9.17) is 14.4 Å². The number of esters is 1. The van der Waals surface area contributed by atoms with Gasteiger partial charge in [-0.3, -0.25) is 9.59 Å². The first-order valence-corrected chi connectivity index (χ1v) is 9.79. The minimum absolute atomic E-state index is 0.148. The van der Waals surface area contributed by atoms with Gasteiger partial charge in [0.05, 0.1) is 23.8 Å². The number of hydrogen-bond donors (Lipinski definition) is 0. The van der Waals surface area contributed by atoms with Crippen LogP contribution >= 0.6 is 0 Å². The molecule has 0 radical (unpaired) electrons. The Morgan fingerprint density at radius 3 is 2.17 bits per heavy atom. The summed E-state index contributed by atoms with van der Waals surface area (Å²) >= 11 is 0. The van der Waals surface area contributed by atoms with Crippen molar-refractivity contribution in [2.45, 2.75) is 12.8 Å². The molecule has 1 aliphatic rings. The van der Waals surface area contributed by atoms with Crippen LogP contribution in [0.4, 0.5) is 0 Å². The third-order valence-corrected chi connectivity index (χ3v) is 5.27. The highest BCUT2D eigenvalue weighted by Crippen LogP contribution is 2.25. The fourth-order valence-corrected chi connectivity index (χ4v) is 3.53. The number of furan rings is 1. The number of likely N-dealkylation sites (tertiary alicyclic amines) is 1. The second kappa shape index (κ2) is 8.66. The topological polar surface area (TPSA) is 83.5 Å². The Hall–Kier alpha value is -3.85. The smallest absolute Gasteiger partial charge is 0.314 e. The van der Waals surface area contributed by atoms with E-state index in [1.54, 1.807) is 41.3 Å². The quantitative estimate of drug-likeness (QED) is 0.482. The molecule has 3 aromatic rings. The monoisotopic (exact) mass is 400 g/mol.